The molecule has 0 heterocycles. The lowest BCUT2D eigenvalue weighted by molar-refractivity contribution is 0.0154. The van der Waals surface area contributed by atoms with E-state index in [1.54, 1.807) is 0 Å². The van der Waals surface area contributed by atoms with Crippen molar-refractivity contribution in [3.8, 4) is 0 Å². The summed E-state index contributed by atoms with van der Waals surface area (Å²) in [4.78, 5) is 13.9. The number of carbonyl (C=O) groups excluding carboxylic acids is 1. The van der Waals surface area contributed by atoms with Gasteiger partial charge in [-0.1, -0.05) is 74.1 Å². The zero-order valence-corrected chi connectivity index (χ0v) is 43.0. The third-order valence-electron chi connectivity index (χ3n) is 11.1. The lowest BCUT2D eigenvalue weighted by atomic mass is 10.0. The normalized spacial score (nSPS) is 14.7. The monoisotopic (exact) mass is 828 g/mol. The third kappa shape index (κ3) is 16.6. The van der Waals surface area contributed by atoms with Gasteiger partial charge in [0.05, 0.1) is 26.4 Å². The summed E-state index contributed by atoms with van der Waals surface area (Å²) in [6.07, 6.45) is 0. The molecule has 0 aromatic carbocycles. The van der Waals surface area contributed by atoms with Crippen molar-refractivity contribution in [2.75, 3.05) is 39.0 Å². The second-order valence-electron chi connectivity index (χ2n) is 20.2. The molecule has 1 N–H and O–H groups in total. The van der Waals surface area contributed by atoms with Crippen LogP contribution in [0, 0.1) is 0 Å². The van der Waals surface area contributed by atoms with Crippen LogP contribution < -0.4 is 5.32 Å². The van der Waals surface area contributed by atoms with Crippen LogP contribution in [-0.4, -0.2) is 108 Å². The van der Waals surface area contributed by atoms with E-state index in [1.807, 2.05) is 0 Å². The first-order chi connectivity index (χ1) is 23.1. The van der Waals surface area contributed by atoms with Gasteiger partial charge in [-0.25, -0.2) is 9.34 Å². The van der Waals surface area contributed by atoms with Gasteiger partial charge in [-0.3, -0.25) is 4.79 Å². The lowest BCUT2D eigenvalue weighted by Crippen LogP contribution is -2.63. The number of nitrogens with zero attached hydrogens (tertiary/aromatic N) is 2. The summed E-state index contributed by atoms with van der Waals surface area (Å²) in [5.41, 5.74) is -0.848. The maximum atomic E-state index is 13.9. The van der Waals surface area contributed by atoms with Crippen molar-refractivity contribution in [2.24, 2.45) is 0 Å². The standard InChI is InChI=1S/C38H86N3O6PSSi3/c1-30(2)40(31(3)4)48(41(32(5)6)33(7)8)44-29-43-24-25-49-34(42)39-38(26-45-50(18,19)35(9,10)11,27-46-51(20,21)36(12,13)14)28-47-52(22,23)37(15,16)17/h30-33H,24-29H2,1-23H3,(H,39,42). The number of rotatable bonds is 22. The first-order valence-corrected chi connectivity index (χ1v) is 30.5. The van der Waals surface area contributed by atoms with E-state index in [9.17, 15) is 4.79 Å². The lowest BCUT2D eigenvalue weighted by Gasteiger charge is -2.46. The minimum atomic E-state index is -2.17. The first kappa shape index (κ1) is 52.6. The van der Waals surface area contributed by atoms with Crippen molar-refractivity contribution in [1.29, 1.82) is 0 Å². The highest BCUT2D eigenvalue weighted by atomic mass is 32.2. The summed E-state index contributed by atoms with van der Waals surface area (Å²) in [6.45, 7) is 53.1. The molecule has 0 atom stereocenters. The van der Waals surface area contributed by atoms with E-state index in [1.165, 1.54) is 11.8 Å². The maximum absolute atomic E-state index is 13.9. The van der Waals surface area contributed by atoms with Gasteiger partial charge in [0.1, 0.15) is 5.54 Å². The molecule has 52 heavy (non-hydrogen) atoms. The Balaban J connectivity index is 6.16. The van der Waals surface area contributed by atoms with E-state index in [0.29, 0.717) is 56.3 Å². The number of hydrogen-bond donors (Lipinski definition) is 1. The van der Waals surface area contributed by atoms with Gasteiger partial charge in [0.25, 0.3) is 5.24 Å². The molecule has 1 amide bonds. The SMILES string of the molecule is CC(C)N(C(C)C)P(OCOCCSC(=O)NC(CO[Si](C)(C)C(C)(C)C)(CO[Si](C)(C)C(C)(C)C)CO[Si](C)(C)C(C)(C)C)N(C(C)C)C(C)C. The molecule has 0 aromatic heterocycles. The molecular formula is C38H86N3O6PSSi3. The van der Waals surface area contributed by atoms with Crippen LogP contribution in [0.25, 0.3) is 0 Å². The zero-order valence-electron chi connectivity index (χ0n) is 38.3. The molecule has 0 bridgehead atoms. The fourth-order valence-electron chi connectivity index (χ4n) is 4.66. The summed E-state index contributed by atoms with van der Waals surface area (Å²) in [5, 5.41) is 3.33. The molecule has 0 aliphatic carbocycles. The number of ether oxygens (including phenoxy) is 1. The van der Waals surface area contributed by atoms with Gasteiger partial charge >= 0.3 is 0 Å². The highest BCUT2D eigenvalue weighted by Crippen LogP contribution is 2.50. The molecular weight excluding hydrogens is 742 g/mol. The summed E-state index contributed by atoms with van der Waals surface area (Å²) in [7, 11) is -7.55. The quantitative estimate of drug-likeness (QED) is 0.0496. The average molecular weight is 828 g/mol. The Labute approximate surface area is 331 Å². The summed E-state index contributed by atoms with van der Waals surface area (Å²) in [6, 6.07) is 1.31. The van der Waals surface area contributed by atoms with Crippen molar-refractivity contribution in [3.63, 3.8) is 0 Å². The Morgan fingerprint density at radius 2 is 0.923 bits per heavy atom. The van der Waals surface area contributed by atoms with Crippen molar-refractivity contribution in [3.05, 3.63) is 0 Å². The second-order valence-corrected chi connectivity index (χ2v) is 37.4. The van der Waals surface area contributed by atoms with Crippen LogP contribution in [0.1, 0.15) is 118 Å². The fourth-order valence-corrected chi connectivity index (χ4v) is 10.8. The minimum Gasteiger partial charge on any atom is -0.414 e. The molecule has 9 nitrogen and oxygen atoms in total. The first-order valence-electron chi connectivity index (χ1n) is 19.6. The molecule has 0 saturated carbocycles. The molecule has 0 radical (unpaired) electrons. The summed E-state index contributed by atoms with van der Waals surface area (Å²) < 4.78 is 38.1. The van der Waals surface area contributed by atoms with Gasteiger partial charge < -0.3 is 27.9 Å². The Morgan fingerprint density at radius 1 is 0.615 bits per heavy atom. The number of amides is 1. The van der Waals surface area contributed by atoms with Crippen LogP contribution in [0.5, 0.6) is 0 Å². The second kappa shape index (κ2) is 20.9. The van der Waals surface area contributed by atoms with Crippen LogP contribution in [-0.2, 0) is 22.5 Å². The number of thioether (sulfide) groups is 1. The van der Waals surface area contributed by atoms with Crippen molar-refractivity contribution < 1.29 is 27.3 Å². The Hall–Kier alpha value is 0.621. The van der Waals surface area contributed by atoms with Crippen LogP contribution in [0.4, 0.5) is 4.79 Å². The van der Waals surface area contributed by atoms with Crippen LogP contribution in [0.15, 0.2) is 0 Å². The largest absolute Gasteiger partial charge is 0.414 e. The number of nitrogens with one attached hydrogen (secondary N) is 1. The molecule has 0 aliphatic heterocycles. The van der Waals surface area contributed by atoms with Crippen LogP contribution >= 0.6 is 20.2 Å². The van der Waals surface area contributed by atoms with E-state index >= 15 is 0 Å². The van der Waals surface area contributed by atoms with Crippen molar-refractivity contribution >= 4 is 50.4 Å². The highest BCUT2D eigenvalue weighted by Gasteiger charge is 2.47. The van der Waals surface area contributed by atoms with Gasteiger partial charge in [-0.2, -0.15) is 0 Å². The van der Waals surface area contributed by atoms with Gasteiger partial charge in [0.15, 0.2) is 40.2 Å². The number of carbonyl (C=O) groups is 1. The van der Waals surface area contributed by atoms with Gasteiger partial charge in [-0.15, -0.1) is 0 Å². The minimum absolute atomic E-state index is 0.0144. The van der Waals surface area contributed by atoms with E-state index in [2.05, 4.69) is 172 Å². The van der Waals surface area contributed by atoms with E-state index in [0.717, 1.165) is 0 Å². The van der Waals surface area contributed by atoms with Crippen molar-refractivity contribution in [1.82, 2.24) is 14.7 Å². The Kier molecular flexibility index (Phi) is 21.1. The predicted molar refractivity (Wildman–Crippen MR) is 236 cm³/mol. The predicted octanol–water partition coefficient (Wildman–Crippen LogP) is 11.7. The molecule has 0 aliphatic rings. The summed E-state index contributed by atoms with van der Waals surface area (Å²) in [5.74, 6) is 0.495. The van der Waals surface area contributed by atoms with Gasteiger partial charge in [0.2, 0.25) is 0 Å². The molecule has 0 fully saturated rings. The maximum Gasteiger partial charge on any atom is 0.279 e. The molecule has 0 rings (SSSR count). The van der Waals surface area contributed by atoms with E-state index in [4.69, 9.17) is 22.5 Å². The Bertz CT molecular complexity index is 950. The molecule has 14 heteroatoms. The Morgan fingerprint density at radius 3 is 1.19 bits per heavy atom. The summed E-state index contributed by atoms with van der Waals surface area (Å²) >= 11 is 1.23. The molecule has 0 saturated heterocycles. The van der Waals surface area contributed by atoms with Gasteiger partial charge in [-0.05, 0) is 110 Å². The van der Waals surface area contributed by atoms with E-state index < -0.39 is 38.9 Å². The molecule has 0 unspecified atom stereocenters. The van der Waals surface area contributed by atoms with Gasteiger partial charge in [0, 0.05) is 29.9 Å². The smallest absolute Gasteiger partial charge is 0.279 e. The molecule has 312 valence electrons. The molecule has 0 spiro atoms. The zero-order chi connectivity index (χ0) is 41.3. The fraction of sp³-hybridized carbons (Fsp3) is 0.974. The number of hydrogen-bond acceptors (Lipinski definition) is 9. The van der Waals surface area contributed by atoms with E-state index in [-0.39, 0.29) is 27.1 Å². The van der Waals surface area contributed by atoms with Crippen LogP contribution in [0.2, 0.25) is 54.4 Å². The van der Waals surface area contributed by atoms with Crippen LogP contribution in [0.3, 0.4) is 0 Å². The van der Waals surface area contributed by atoms with Crippen molar-refractivity contribution in [2.45, 2.75) is 202 Å². The molecule has 0 aromatic rings. The average Bonchev–Trinajstić information content (AvgIpc) is 2.93. The topological polar surface area (TPSA) is 81.7 Å². The third-order valence-corrected chi connectivity index (χ3v) is 28.3. The highest BCUT2D eigenvalue weighted by molar-refractivity contribution is 8.13.